The molecular weight excluding hydrogens is 306 g/mol. The van der Waals surface area contributed by atoms with Crippen molar-refractivity contribution in [2.24, 2.45) is 0 Å². The molecule has 0 atom stereocenters. The Balaban J connectivity index is 2.05. The average molecular weight is 324 g/mol. The van der Waals surface area contributed by atoms with E-state index >= 15 is 0 Å². The fourth-order valence-corrected chi connectivity index (χ4v) is 1.96. The maximum Gasteiger partial charge on any atom is 0.247 e. The highest BCUT2D eigenvalue weighted by molar-refractivity contribution is 9.10. The van der Waals surface area contributed by atoms with Crippen LogP contribution in [0, 0.1) is 6.92 Å². The van der Waals surface area contributed by atoms with E-state index in [9.17, 15) is 0 Å². The molecule has 1 N–H and O–H groups in total. The van der Waals surface area contributed by atoms with Crippen molar-refractivity contribution in [3.63, 3.8) is 0 Å². The van der Waals surface area contributed by atoms with E-state index in [0.29, 0.717) is 17.8 Å². The molecule has 0 aliphatic rings. The summed E-state index contributed by atoms with van der Waals surface area (Å²) in [5.74, 6) is 1.25. The van der Waals surface area contributed by atoms with Crippen LogP contribution in [0.5, 0.6) is 0 Å². The lowest BCUT2D eigenvalue weighted by Gasteiger charge is -2.04. The van der Waals surface area contributed by atoms with Crippen LogP contribution in [0.15, 0.2) is 27.1 Å². The summed E-state index contributed by atoms with van der Waals surface area (Å²) >= 11 is 3.48. The minimum atomic E-state index is 0.469. The first-order chi connectivity index (χ1) is 9.06. The molecule has 0 saturated carbocycles. The molecule has 4 nitrogen and oxygen atoms in total. The molecule has 0 spiro atoms. The fourth-order valence-electron chi connectivity index (χ4n) is 1.72. The Morgan fingerprint density at radius 2 is 2.11 bits per heavy atom. The highest BCUT2D eigenvalue weighted by Crippen LogP contribution is 2.24. The van der Waals surface area contributed by atoms with Gasteiger partial charge in [-0.05, 0) is 30.7 Å². The molecule has 1 aromatic heterocycles. The summed E-state index contributed by atoms with van der Waals surface area (Å²) < 4.78 is 6.75. The minimum absolute atomic E-state index is 0.469. The van der Waals surface area contributed by atoms with Gasteiger partial charge in [0.05, 0.1) is 0 Å². The van der Waals surface area contributed by atoms with Crippen molar-refractivity contribution in [2.45, 2.75) is 33.2 Å². The van der Waals surface area contributed by atoms with Crippen molar-refractivity contribution in [1.29, 1.82) is 0 Å². The molecule has 19 heavy (non-hydrogen) atoms. The quantitative estimate of drug-likeness (QED) is 0.916. The molecule has 2 rings (SSSR count). The lowest BCUT2D eigenvalue weighted by molar-refractivity contribution is 0.484. The normalized spacial score (nSPS) is 11.2. The summed E-state index contributed by atoms with van der Waals surface area (Å²) in [7, 11) is 0. The van der Waals surface area contributed by atoms with E-state index in [4.69, 9.17) is 4.42 Å². The first kappa shape index (κ1) is 14.2. The highest BCUT2D eigenvalue weighted by atomic mass is 79.9. The van der Waals surface area contributed by atoms with Crippen LogP contribution in [0.3, 0.4) is 0 Å². The number of hydrogen-bond acceptors (Lipinski definition) is 4. The van der Waals surface area contributed by atoms with E-state index in [2.05, 4.69) is 45.3 Å². The van der Waals surface area contributed by atoms with Gasteiger partial charge in [0.25, 0.3) is 0 Å². The van der Waals surface area contributed by atoms with Crippen LogP contribution in [-0.4, -0.2) is 22.8 Å². The lowest BCUT2D eigenvalue weighted by atomic mass is 10.1. The van der Waals surface area contributed by atoms with Gasteiger partial charge >= 0.3 is 0 Å². The molecule has 0 aliphatic heterocycles. The number of rotatable bonds is 5. The van der Waals surface area contributed by atoms with Gasteiger partial charge in [0.1, 0.15) is 0 Å². The number of nitrogens with zero attached hydrogens (tertiary/aromatic N) is 2. The largest absolute Gasteiger partial charge is 0.421 e. The zero-order chi connectivity index (χ0) is 13.8. The van der Waals surface area contributed by atoms with E-state index in [1.807, 2.05) is 25.1 Å². The SMILES string of the molecule is Cc1cc(-c2nnc(CCNC(C)C)o2)ccc1Br. The van der Waals surface area contributed by atoms with Crippen molar-refractivity contribution in [1.82, 2.24) is 15.5 Å². The number of aromatic nitrogens is 2. The van der Waals surface area contributed by atoms with E-state index in [1.165, 1.54) is 0 Å². The maximum atomic E-state index is 5.67. The van der Waals surface area contributed by atoms with Gasteiger partial charge < -0.3 is 9.73 Å². The van der Waals surface area contributed by atoms with Crippen molar-refractivity contribution < 1.29 is 4.42 Å². The molecule has 102 valence electrons. The predicted octanol–water partition coefficient (Wildman–Crippen LogP) is 3.35. The van der Waals surface area contributed by atoms with Gasteiger partial charge in [-0.15, -0.1) is 10.2 Å². The Morgan fingerprint density at radius 1 is 1.32 bits per heavy atom. The topological polar surface area (TPSA) is 51.0 Å². The zero-order valence-corrected chi connectivity index (χ0v) is 13.0. The highest BCUT2D eigenvalue weighted by Gasteiger charge is 2.09. The second-order valence-corrected chi connectivity index (χ2v) is 5.68. The standard InChI is InChI=1S/C14H18BrN3O/c1-9(2)16-7-6-13-17-18-14(19-13)11-4-5-12(15)10(3)8-11/h4-5,8-9,16H,6-7H2,1-3H3. The van der Waals surface area contributed by atoms with Gasteiger partial charge in [0, 0.05) is 29.0 Å². The number of aryl methyl sites for hydroxylation is 1. The molecule has 1 heterocycles. The van der Waals surface area contributed by atoms with Crippen molar-refractivity contribution in [3.8, 4) is 11.5 Å². The molecule has 0 aliphatic carbocycles. The minimum Gasteiger partial charge on any atom is -0.421 e. The van der Waals surface area contributed by atoms with Gasteiger partial charge in [0.15, 0.2) is 0 Å². The third kappa shape index (κ3) is 3.88. The van der Waals surface area contributed by atoms with Gasteiger partial charge in [-0.25, -0.2) is 0 Å². The predicted molar refractivity (Wildman–Crippen MR) is 79.0 cm³/mol. The van der Waals surface area contributed by atoms with Crippen LogP contribution in [0.2, 0.25) is 0 Å². The first-order valence-electron chi connectivity index (χ1n) is 6.38. The molecule has 0 fully saturated rings. The third-order valence-corrected chi connectivity index (χ3v) is 3.65. The van der Waals surface area contributed by atoms with Crippen molar-refractivity contribution in [3.05, 3.63) is 34.1 Å². The van der Waals surface area contributed by atoms with E-state index in [-0.39, 0.29) is 0 Å². The Morgan fingerprint density at radius 3 is 2.79 bits per heavy atom. The molecule has 5 heteroatoms. The summed E-state index contributed by atoms with van der Waals surface area (Å²) in [6.45, 7) is 7.11. The molecule has 1 aromatic carbocycles. The van der Waals surface area contributed by atoms with Gasteiger partial charge in [-0.1, -0.05) is 29.8 Å². The number of benzene rings is 1. The second kappa shape index (κ2) is 6.30. The Hall–Kier alpha value is -1.20. The van der Waals surface area contributed by atoms with Crippen molar-refractivity contribution in [2.75, 3.05) is 6.54 Å². The average Bonchev–Trinajstić information content (AvgIpc) is 2.81. The zero-order valence-electron chi connectivity index (χ0n) is 11.4. The Labute approximate surface area is 121 Å². The van der Waals surface area contributed by atoms with Gasteiger partial charge in [-0.3, -0.25) is 0 Å². The fraction of sp³-hybridized carbons (Fsp3) is 0.429. The number of hydrogen-bond donors (Lipinski definition) is 1. The van der Waals surface area contributed by atoms with E-state index in [1.54, 1.807) is 0 Å². The number of halogens is 1. The van der Waals surface area contributed by atoms with Crippen LogP contribution < -0.4 is 5.32 Å². The Kier molecular flexibility index (Phi) is 4.71. The Bertz CT molecular complexity index is 551. The summed E-state index contributed by atoms with van der Waals surface area (Å²) in [4.78, 5) is 0. The summed E-state index contributed by atoms with van der Waals surface area (Å²) in [6, 6.07) is 6.47. The van der Waals surface area contributed by atoms with Crippen molar-refractivity contribution >= 4 is 15.9 Å². The first-order valence-corrected chi connectivity index (χ1v) is 7.18. The molecule has 0 radical (unpaired) electrons. The van der Waals surface area contributed by atoms with Gasteiger partial charge in [0.2, 0.25) is 11.8 Å². The molecule has 0 unspecified atom stereocenters. The monoisotopic (exact) mass is 323 g/mol. The number of nitrogens with one attached hydrogen (secondary N) is 1. The smallest absolute Gasteiger partial charge is 0.247 e. The lowest BCUT2D eigenvalue weighted by Crippen LogP contribution is -2.25. The van der Waals surface area contributed by atoms with E-state index < -0.39 is 0 Å². The van der Waals surface area contributed by atoms with Crippen LogP contribution in [0.1, 0.15) is 25.3 Å². The van der Waals surface area contributed by atoms with Gasteiger partial charge in [-0.2, -0.15) is 0 Å². The molecule has 0 saturated heterocycles. The van der Waals surface area contributed by atoms with Crippen LogP contribution in [0.25, 0.3) is 11.5 Å². The van der Waals surface area contributed by atoms with Crippen LogP contribution in [0.4, 0.5) is 0 Å². The molecule has 0 bridgehead atoms. The summed E-state index contributed by atoms with van der Waals surface area (Å²) in [6.07, 6.45) is 0.751. The van der Waals surface area contributed by atoms with Crippen LogP contribution >= 0.6 is 15.9 Å². The second-order valence-electron chi connectivity index (χ2n) is 4.82. The maximum absolute atomic E-state index is 5.67. The molecule has 2 aromatic rings. The van der Waals surface area contributed by atoms with Crippen LogP contribution in [-0.2, 0) is 6.42 Å². The summed E-state index contributed by atoms with van der Waals surface area (Å²) in [5.41, 5.74) is 2.11. The summed E-state index contributed by atoms with van der Waals surface area (Å²) in [5, 5.41) is 11.5. The van der Waals surface area contributed by atoms with E-state index in [0.717, 1.165) is 28.6 Å². The molecular formula is C14H18BrN3O. The molecule has 0 amide bonds. The third-order valence-electron chi connectivity index (χ3n) is 2.76.